The summed E-state index contributed by atoms with van der Waals surface area (Å²) in [6.45, 7) is 5.22. The van der Waals surface area contributed by atoms with E-state index >= 15 is 0 Å². The van der Waals surface area contributed by atoms with Crippen LogP contribution < -0.4 is 0 Å². The lowest BCUT2D eigenvalue weighted by Gasteiger charge is -2.21. The Labute approximate surface area is 74.3 Å². The fourth-order valence-corrected chi connectivity index (χ4v) is 1.16. The number of allylic oxidation sites excluding steroid dienone is 4. The molecular formula is C10H16N2. The summed E-state index contributed by atoms with van der Waals surface area (Å²) in [7, 11) is 2.09. The van der Waals surface area contributed by atoms with Gasteiger partial charge in [0.05, 0.1) is 6.04 Å². The zero-order chi connectivity index (χ0) is 8.97. The van der Waals surface area contributed by atoms with Crippen LogP contribution in [0.25, 0.3) is 0 Å². The Kier molecular flexibility index (Phi) is 3.09. The topological polar surface area (TPSA) is 15.6 Å². The van der Waals surface area contributed by atoms with Crippen LogP contribution in [0.15, 0.2) is 28.9 Å². The van der Waals surface area contributed by atoms with Gasteiger partial charge in [-0.25, -0.2) is 0 Å². The molecule has 0 aromatic heterocycles. The summed E-state index contributed by atoms with van der Waals surface area (Å²) in [4.78, 5) is 6.56. The lowest BCUT2D eigenvalue weighted by atomic mass is 10.3. The van der Waals surface area contributed by atoms with Crippen LogP contribution in [0.5, 0.6) is 0 Å². The van der Waals surface area contributed by atoms with Gasteiger partial charge in [0.15, 0.2) is 0 Å². The highest BCUT2D eigenvalue weighted by atomic mass is 15.1. The van der Waals surface area contributed by atoms with Crippen LogP contribution in [0.1, 0.15) is 13.8 Å². The highest BCUT2D eigenvalue weighted by Crippen LogP contribution is 2.04. The molecule has 0 aromatic carbocycles. The van der Waals surface area contributed by atoms with Crippen molar-refractivity contribution in [3.8, 4) is 0 Å². The third kappa shape index (κ3) is 2.53. The maximum Gasteiger partial charge on any atom is 0.0646 e. The minimum absolute atomic E-state index is 0.376. The van der Waals surface area contributed by atoms with E-state index in [-0.39, 0.29) is 0 Å². The van der Waals surface area contributed by atoms with Crippen molar-refractivity contribution in [2.75, 3.05) is 13.6 Å². The highest BCUT2D eigenvalue weighted by Gasteiger charge is 2.04. The quantitative estimate of drug-likeness (QED) is 0.533. The Morgan fingerprint density at radius 2 is 2.25 bits per heavy atom. The second kappa shape index (κ2) is 4.10. The summed E-state index contributed by atoms with van der Waals surface area (Å²) < 4.78 is 0. The average Bonchev–Trinajstić information content (AvgIpc) is 2.07. The Balaban J connectivity index is 2.77. The fourth-order valence-electron chi connectivity index (χ4n) is 1.16. The second-order valence-corrected chi connectivity index (χ2v) is 3.22. The van der Waals surface area contributed by atoms with Crippen molar-refractivity contribution in [1.29, 1.82) is 0 Å². The van der Waals surface area contributed by atoms with Gasteiger partial charge in [-0.1, -0.05) is 6.08 Å². The Bertz CT molecular complexity index is 226. The summed E-state index contributed by atoms with van der Waals surface area (Å²) in [5.41, 5.74) is 1.28. The lowest BCUT2D eigenvalue weighted by Crippen LogP contribution is -2.24. The van der Waals surface area contributed by atoms with Crippen molar-refractivity contribution in [1.82, 2.24) is 4.90 Å². The summed E-state index contributed by atoms with van der Waals surface area (Å²) in [5.74, 6) is 0. The van der Waals surface area contributed by atoms with E-state index in [4.69, 9.17) is 0 Å². The molecule has 2 heteroatoms. The van der Waals surface area contributed by atoms with Gasteiger partial charge < -0.3 is 4.90 Å². The number of hydrogen-bond acceptors (Lipinski definition) is 2. The molecule has 1 aliphatic rings. The van der Waals surface area contributed by atoms with E-state index in [1.807, 2.05) is 18.4 Å². The monoisotopic (exact) mass is 164 g/mol. The maximum absolute atomic E-state index is 4.34. The van der Waals surface area contributed by atoms with Crippen LogP contribution in [0.3, 0.4) is 0 Å². The minimum atomic E-state index is 0.376. The molecular weight excluding hydrogens is 148 g/mol. The second-order valence-electron chi connectivity index (χ2n) is 3.22. The van der Waals surface area contributed by atoms with Crippen LogP contribution in [0.4, 0.5) is 0 Å². The molecule has 12 heavy (non-hydrogen) atoms. The molecule has 0 bridgehead atoms. The van der Waals surface area contributed by atoms with Gasteiger partial charge in [0.1, 0.15) is 0 Å². The minimum Gasteiger partial charge on any atom is -0.376 e. The molecule has 1 aliphatic heterocycles. The number of rotatable bonds is 0. The molecule has 2 nitrogen and oxygen atoms in total. The van der Waals surface area contributed by atoms with E-state index in [0.29, 0.717) is 6.04 Å². The molecule has 0 N–H and O–H groups in total. The van der Waals surface area contributed by atoms with E-state index in [2.05, 4.69) is 36.9 Å². The summed E-state index contributed by atoms with van der Waals surface area (Å²) in [5, 5.41) is 0. The Morgan fingerprint density at radius 3 is 3.00 bits per heavy atom. The van der Waals surface area contributed by atoms with Gasteiger partial charge >= 0.3 is 0 Å². The van der Waals surface area contributed by atoms with Gasteiger partial charge in [0, 0.05) is 25.5 Å². The van der Waals surface area contributed by atoms with Crippen molar-refractivity contribution >= 4 is 6.21 Å². The van der Waals surface area contributed by atoms with E-state index in [1.165, 1.54) is 5.70 Å². The molecule has 66 valence electrons. The molecule has 0 spiro atoms. The first-order valence-electron chi connectivity index (χ1n) is 4.28. The largest absolute Gasteiger partial charge is 0.376 e. The normalized spacial score (nSPS) is 34.1. The molecule has 0 fully saturated rings. The first-order valence-corrected chi connectivity index (χ1v) is 4.28. The van der Waals surface area contributed by atoms with E-state index in [1.54, 1.807) is 0 Å². The Hall–Kier alpha value is -1.05. The molecule has 1 heterocycles. The van der Waals surface area contributed by atoms with Gasteiger partial charge in [0.25, 0.3) is 0 Å². The van der Waals surface area contributed by atoms with E-state index < -0.39 is 0 Å². The van der Waals surface area contributed by atoms with E-state index in [0.717, 1.165) is 6.54 Å². The summed E-state index contributed by atoms with van der Waals surface area (Å²) >= 11 is 0. The number of hydrogen-bond donors (Lipinski definition) is 0. The van der Waals surface area contributed by atoms with Crippen LogP contribution in [0.2, 0.25) is 0 Å². The van der Waals surface area contributed by atoms with Crippen LogP contribution in [-0.4, -0.2) is 30.7 Å². The molecule has 1 unspecified atom stereocenters. The third-order valence-electron chi connectivity index (χ3n) is 2.02. The van der Waals surface area contributed by atoms with Crippen LogP contribution in [0, 0.1) is 0 Å². The molecule has 0 saturated heterocycles. The van der Waals surface area contributed by atoms with Crippen molar-refractivity contribution in [3.63, 3.8) is 0 Å². The van der Waals surface area contributed by atoms with Crippen molar-refractivity contribution in [3.05, 3.63) is 23.9 Å². The van der Waals surface area contributed by atoms with Crippen LogP contribution >= 0.6 is 0 Å². The molecule has 0 aromatic rings. The molecule has 0 saturated carbocycles. The average molecular weight is 164 g/mol. The summed E-state index contributed by atoms with van der Waals surface area (Å²) in [6, 6.07) is 0.376. The first-order chi connectivity index (χ1) is 5.70. The lowest BCUT2D eigenvalue weighted by molar-refractivity contribution is 0.393. The molecule has 0 aliphatic carbocycles. The van der Waals surface area contributed by atoms with Crippen molar-refractivity contribution in [2.24, 2.45) is 4.99 Å². The third-order valence-corrected chi connectivity index (χ3v) is 2.02. The summed E-state index contributed by atoms with van der Waals surface area (Å²) in [6.07, 6.45) is 7.96. The van der Waals surface area contributed by atoms with Gasteiger partial charge in [-0.3, -0.25) is 4.99 Å². The van der Waals surface area contributed by atoms with Gasteiger partial charge in [-0.15, -0.1) is 0 Å². The first kappa shape index (κ1) is 9.04. The molecule has 1 atom stereocenters. The SMILES string of the molecule is C\C1=C/C=C\C=N\C(C)CN1C. The fraction of sp³-hybridized carbons (Fsp3) is 0.500. The van der Waals surface area contributed by atoms with Crippen LogP contribution in [-0.2, 0) is 0 Å². The number of nitrogens with zero attached hydrogens (tertiary/aromatic N) is 2. The van der Waals surface area contributed by atoms with Gasteiger partial charge in [-0.2, -0.15) is 0 Å². The predicted octanol–water partition coefficient (Wildman–Crippen LogP) is 1.85. The zero-order valence-corrected chi connectivity index (χ0v) is 7.99. The van der Waals surface area contributed by atoms with E-state index in [9.17, 15) is 0 Å². The zero-order valence-electron chi connectivity index (χ0n) is 7.99. The van der Waals surface area contributed by atoms with Gasteiger partial charge in [0.2, 0.25) is 0 Å². The predicted molar refractivity (Wildman–Crippen MR) is 53.5 cm³/mol. The standard InChI is InChI=1S/C10H16N2/c1-9-8-12(3)10(2)6-4-5-7-11-9/h4-7,9H,8H2,1-3H3/b5-4-,10-6+,11-7+. The smallest absolute Gasteiger partial charge is 0.0646 e. The molecule has 1 rings (SSSR count). The highest BCUT2D eigenvalue weighted by molar-refractivity contribution is 5.71. The van der Waals surface area contributed by atoms with Crippen molar-refractivity contribution in [2.45, 2.75) is 19.9 Å². The molecule has 0 amide bonds. The van der Waals surface area contributed by atoms with Gasteiger partial charge in [-0.05, 0) is 26.0 Å². The number of likely N-dealkylation sites (N-methyl/N-ethyl adjacent to an activating group) is 1. The number of aliphatic imine (C=N–C) groups is 1. The Morgan fingerprint density at radius 1 is 1.50 bits per heavy atom. The van der Waals surface area contributed by atoms with Crippen molar-refractivity contribution < 1.29 is 0 Å². The molecule has 0 radical (unpaired) electrons. The maximum atomic E-state index is 4.34.